The van der Waals surface area contributed by atoms with Gasteiger partial charge in [-0.2, -0.15) is 0 Å². The van der Waals surface area contributed by atoms with E-state index in [0.717, 1.165) is 36.6 Å². The largest absolute Gasteiger partial charge is 0.326 e. The molecule has 0 spiro atoms. The average Bonchev–Trinajstić information content (AvgIpc) is 2.93. The van der Waals surface area contributed by atoms with Crippen molar-refractivity contribution in [3.8, 4) is 11.1 Å². The van der Waals surface area contributed by atoms with Crippen LogP contribution in [0.4, 0.5) is 8.78 Å². The minimum atomic E-state index is -0.560. The molecule has 0 bridgehead atoms. The van der Waals surface area contributed by atoms with Gasteiger partial charge in [-0.15, -0.1) is 0 Å². The third-order valence-electron chi connectivity index (χ3n) is 3.98. The highest BCUT2D eigenvalue weighted by Crippen LogP contribution is 2.23. The molecule has 0 aliphatic carbocycles. The zero-order chi connectivity index (χ0) is 17.5. The Morgan fingerprint density at radius 1 is 1.04 bits per heavy atom. The van der Waals surface area contributed by atoms with Gasteiger partial charge in [0, 0.05) is 18.2 Å². The number of benzene rings is 2. The van der Waals surface area contributed by atoms with Crippen molar-refractivity contribution in [2.75, 3.05) is 6.54 Å². The summed E-state index contributed by atoms with van der Waals surface area (Å²) in [7, 11) is 0. The molecule has 0 saturated carbocycles. The van der Waals surface area contributed by atoms with Crippen LogP contribution in [0.3, 0.4) is 0 Å². The van der Waals surface area contributed by atoms with Crippen LogP contribution in [0.2, 0.25) is 0 Å². The summed E-state index contributed by atoms with van der Waals surface area (Å²) in [6, 6.07) is 11.8. The van der Waals surface area contributed by atoms with E-state index in [9.17, 15) is 8.78 Å². The molecule has 2 atom stereocenters. The van der Waals surface area contributed by atoms with Crippen molar-refractivity contribution in [1.82, 2.24) is 5.32 Å². The van der Waals surface area contributed by atoms with Crippen molar-refractivity contribution in [2.24, 2.45) is 5.73 Å². The first-order valence-electron chi connectivity index (χ1n) is 8.57. The monoisotopic (exact) mass is 332 g/mol. The number of nitrogens with one attached hydrogen (secondary N) is 1. The van der Waals surface area contributed by atoms with Gasteiger partial charge < -0.3 is 11.1 Å². The van der Waals surface area contributed by atoms with E-state index in [4.69, 9.17) is 5.73 Å². The Morgan fingerprint density at radius 3 is 2.29 bits per heavy atom. The van der Waals surface area contributed by atoms with Crippen molar-refractivity contribution < 1.29 is 8.78 Å². The van der Waals surface area contributed by atoms with Crippen LogP contribution in [0.1, 0.15) is 32.3 Å². The molecule has 0 aromatic heterocycles. The van der Waals surface area contributed by atoms with Crippen LogP contribution >= 0.6 is 0 Å². The Bertz CT molecular complexity index is 638. The summed E-state index contributed by atoms with van der Waals surface area (Å²) in [6.07, 6.45) is 3.06. The number of nitrogens with two attached hydrogens (primary N) is 1. The maximum Gasteiger partial charge on any atom is 0.126 e. The van der Waals surface area contributed by atoms with Crippen molar-refractivity contribution >= 4 is 0 Å². The Morgan fingerprint density at radius 2 is 1.71 bits per heavy atom. The molecule has 1 aliphatic heterocycles. The molecule has 1 aliphatic rings. The highest BCUT2D eigenvalue weighted by molar-refractivity contribution is 5.64. The third-order valence-corrected chi connectivity index (χ3v) is 3.98. The quantitative estimate of drug-likeness (QED) is 0.880. The average molecular weight is 332 g/mol. The Kier molecular flexibility index (Phi) is 6.88. The number of halogens is 2. The van der Waals surface area contributed by atoms with Crippen LogP contribution in [0.5, 0.6) is 0 Å². The van der Waals surface area contributed by atoms with Crippen LogP contribution in [0, 0.1) is 11.6 Å². The minimum Gasteiger partial charge on any atom is -0.326 e. The molecule has 24 heavy (non-hydrogen) atoms. The van der Waals surface area contributed by atoms with Crippen LogP contribution < -0.4 is 11.1 Å². The van der Waals surface area contributed by atoms with E-state index >= 15 is 0 Å². The molecular formula is C20H26F2N2. The lowest BCUT2D eigenvalue weighted by molar-refractivity contribution is 0.539. The summed E-state index contributed by atoms with van der Waals surface area (Å²) in [4.78, 5) is 0. The standard InChI is InChI=1S/C17H18F2N2.C3H8/c18-14-8-13(9-15(19)10-14)12-3-1-2-11(6-12)7-17-16(20)4-5-21-17;1-3-2/h1-3,6,8-10,16-17,21H,4-5,7,20H2;3H2,1-2H3. The zero-order valence-electron chi connectivity index (χ0n) is 14.4. The van der Waals surface area contributed by atoms with Gasteiger partial charge in [0.1, 0.15) is 11.6 Å². The topological polar surface area (TPSA) is 38.0 Å². The zero-order valence-corrected chi connectivity index (χ0v) is 14.4. The van der Waals surface area contributed by atoms with E-state index in [0.29, 0.717) is 5.56 Å². The van der Waals surface area contributed by atoms with Gasteiger partial charge in [-0.05, 0) is 48.2 Å². The fourth-order valence-electron chi connectivity index (χ4n) is 2.86. The lowest BCUT2D eigenvalue weighted by atomic mass is 9.97. The van der Waals surface area contributed by atoms with Gasteiger partial charge in [-0.3, -0.25) is 0 Å². The van der Waals surface area contributed by atoms with E-state index in [1.54, 1.807) is 0 Å². The minimum absolute atomic E-state index is 0.167. The van der Waals surface area contributed by atoms with Gasteiger partial charge in [0.15, 0.2) is 0 Å². The first kappa shape index (κ1) is 18.6. The second-order valence-electron chi connectivity index (χ2n) is 6.28. The van der Waals surface area contributed by atoms with Crippen molar-refractivity contribution in [1.29, 1.82) is 0 Å². The van der Waals surface area contributed by atoms with Crippen LogP contribution in [-0.4, -0.2) is 18.6 Å². The summed E-state index contributed by atoms with van der Waals surface area (Å²) in [5, 5.41) is 3.39. The van der Waals surface area contributed by atoms with Gasteiger partial charge in [0.25, 0.3) is 0 Å². The second kappa shape index (κ2) is 8.90. The van der Waals surface area contributed by atoms with E-state index in [-0.39, 0.29) is 12.1 Å². The molecule has 3 N–H and O–H groups in total. The van der Waals surface area contributed by atoms with Crippen molar-refractivity contribution in [3.63, 3.8) is 0 Å². The van der Waals surface area contributed by atoms with Gasteiger partial charge in [-0.25, -0.2) is 8.78 Å². The normalized spacial score (nSPS) is 19.7. The fraction of sp³-hybridized carbons (Fsp3) is 0.400. The molecular weight excluding hydrogens is 306 g/mol. The van der Waals surface area contributed by atoms with Crippen LogP contribution in [0.25, 0.3) is 11.1 Å². The molecule has 1 saturated heterocycles. The molecule has 2 unspecified atom stereocenters. The molecule has 0 radical (unpaired) electrons. The molecule has 2 aromatic carbocycles. The highest BCUT2D eigenvalue weighted by atomic mass is 19.1. The van der Waals surface area contributed by atoms with E-state index in [1.807, 2.05) is 24.3 Å². The molecule has 0 amide bonds. The van der Waals surface area contributed by atoms with Gasteiger partial charge in [0.05, 0.1) is 0 Å². The highest BCUT2D eigenvalue weighted by Gasteiger charge is 2.23. The first-order chi connectivity index (χ1) is 11.5. The summed E-state index contributed by atoms with van der Waals surface area (Å²) >= 11 is 0. The molecule has 1 fully saturated rings. The molecule has 130 valence electrons. The Balaban J connectivity index is 0.000000647. The lowest BCUT2D eigenvalue weighted by Gasteiger charge is -2.16. The van der Waals surface area contributed by atoms with Crippen LogP contribution in [0.15, 0.2) is 42.5 Å². The predicted octanol–water partition coefficient (Wildman–Crippen LogP) is 4.28. The molecule has 3 rings (SSSR count). The lowest BCUT2D eigenvalue weighted by Crippen LogP contribution is -2.37. The summed E-state index contributed by atoms with van der Waals surface area (Å²) in [5.41, 5.74) is 8.54. The van der Waals surface area contributed by atoms with Gasteiger partial charge in [0.2, 0.25) is 0 Å². The van der Waals surface area contributed by atoms with Crippen molar-refractivity contribution in [3.05, 3.63) is 59.7 Å². The van der Waals surface area contributed by atoms with E-state index < -0.39 is 11.6 Å². The fourth-order valence-corrected chi connectivity index (χ4v) is 2.86. The summed E-state index contributed by atoms with van der Waals surface area (Å²) in [6.45, 7) is 5.20. The number of hydrogen-bond donors (Lipinski definition) is 2. The maximum absolute atomic E-state index is 13.3. The van der Waals surface area contributed by atoms with Gasteiger partial charge in [-0.1, -0.05) is 44.5 Å². The Hall–Kier alpha value is -1.78. The Labute approximate surface area is 143 Å². The second-order valence-corrected chi connectivity index (χ2v) is 6.28. The molecule has 2 nitrogen and oxygen atoms in total. The van der Waals surface area contributed by atoms with E-state index in [2.05, 4.69) is 19.2 Å². The summed E-state index contributed by atoms with van der Waals surface area (Å²) in [5.74, 6) is -1.12. The maximum atomic E-state index is 13.3. The SMILES string of the molecule is CCC.NC1CCNC1Cc1cccc(-c2cc(F)cc(F)c2)c1. The molecule has 4 heteroatoms. The predicted molar refractivity (Wildman–Crippen MR) is 95.8 cm³/mol. The molecule has 2 aromatic rings. The first-order valence-corrected chi connectivity index (χ1v) is 8.57. The number of rotatable bonds is 3. The smallest absolute Gasteiger partial charge is 0.126 e. The summed E-state index contributed by atoms with van der Waals surface area (Å²) < 4.78 is 26.7. The van der Waals surface area contributed by atoms with E-state index in [1.165, 1.54) is 18.6 Å². The van der Waals surface area contributed by atoms with Crippen LogP contribution in [-0.2, 0) is 6.42 Å². The van der Waals surface area contributed by atoms with Crippen molar-refractivity contribution in [2.45, 2.75) is 45.2 Å². The number of hydrogen-bond acceptors (Lipinski definition) is 2. The third kappa shape index (κ3) is 5.11. The van der Waals surface area contributed by atoms with Gasteiger partial charge >= 0.3 is 0 Å². The molecule has 1 heterocycles.